The fourth-order valence-corrected chi connectivity index (χ4v) is 2.08. The van der Waals surface area contributed by atoms with Gasteiger partial charge in [-0.25, -0.2) is 0 Å². The summed E-state index contributed by atoms with van der Waals surface area (Å²) in [6.07, 6.45) is 7.67. The Morgan fingerprint density at radius 1 is 1.19 bits per heavy atom. The minimum atomic E-state index is -0.0494. The van der Waals surface area contributed by atoms with E-state index in [1.807, 2.05) is 6.92 Å². The van der Waals surface area contributed by atoms with E-state index < -0.39 is 0 Å². The normalized spacial score (nSPS) is 23.8. The second-order valence-electron chi connectivity index (χ2n) is 4.94. The van der Waals surface area contributed by atoms with Gasteiger partial charge in [0.2, 0.25) is 11.8 Å². The summed E-state index contributed by atoms with van der Waals surface area (Å²) < 4.78 is 11.5. The third-order valence-electron chi connectivity index (χ3n) is 3.71. The molecule has 0 aliphatic heterocycles. The number of hydrogen-bond donors (Lipinski definition) is 0. The summed E-state index contributed by atoms with van der Waals surface area (Å²) in [5.41, 5.74) is 0. The Kier molecular flexibility index (Phi) is 2.67. The summed E-state index contributed by atoms with van der Waals surface area (Å²) in [4.78, 5) is 0. The predicted octanol–water partition coefficient (Wildman–Crippen LogP) is 2.97. The molecule has 4 nitrogen and oxygen atoms in total. The molecule has 1 aromatic rings. The van der Waals surface area contributed by atoms with Gasteiger partial charge in [0, 0.05) is 5.92 Å². The molecule has 4 heteroatoms. The summed E-state index contributed by atoms with van der Waals surface area (Å²) in [7, 11) is 0. The first-order valence-electron chi connectivity index (χ1n) is 6.31. The first-order valence-corrected chi connectivity index (χ1v) is 6.31. The molecule has 2 aliphatic carbocycles. The lowest BCUT2D eigenvalue weighted by molar-refractivity contribution is -0.0553. The predicted molar refractivity (Wildman–Crippen MR) is 58.0 cm³/mol. The zero-order valence-electron chi connectivity index (χ0n) is 9.69. The van der Waals surface area contributed by atoms with Crippen molar-refractivity contribution in [2.75, 3.05) is 0 Å². The maximum Gasteiger partial charge on any atom is 0.244 e. The van der Waals surface area contributed by atoms with Crippen LogP contribution in [0.1, 0.15) is 69.3 Å². The molecular weight excluding hydrogens is 204 g/mol. The highest BCUT2D eigenvalue weighted by atomic mass is 16.5. The van der Waals surface area contributed by atoms with Crippen LogP contribution < -0.4 is 0 Å². The van der Waals surface area contributed by atoms with Gasteiger partial charge in [-0.05, 0) is 39.0 Å². The average Bonchev–Trinajstić information content (AvgIpc) is 2.57. The maximum atomic E-state index is 5.82. The molecule has 0 N–H and O–H groups in total. The van der Waals surface area contributed by atoms with Crippen LogP contribution in [0.2, 0.25) is 0 Å². The van der Waals surface area contributed by atoms with Crippen molar-refractivity contribution in [1.29, 1.82) is 0 Å². The van der Waals surface area contributed by atoms with E-state index in [1.54, 1.807) is 0 Å². The van der Waals surface area contributed by atoms with Crippen LogP contribution in [0.3, 0.4) is 0 Å². The van der Waals surface area contributed by atoms with Crippen molar-refractivity contribution in [3.63, 3.8) is 0 Å². The third-order valence-corrected chi connectivity index (χ3v) is 3.71. The summed E-state index contributed by atoms with van der Waals surface area (Å²) in [5.74, 6) is 1.97. The van der Waals surface area contributed by atoms with Gasteiger partial charge in [0.05, 0.1) is 6.10 Å². The lowest BCUT2D eigenvalue weighted by Crippen LogP contribution is -2.23. The van der Waals surface area contributed by atoms with Gasteiger partial charge in [-0.2, -0.15) is 0 Å². The molecule has 1 unspecified atom stereocenters. The summed E-state index contributed by atoms with van der Waals surface area (Å²) in [6.45, 7) is 2.00. The molecule has 16 heavy (non-hydrogen) atoms. The Bertz CT molecular complexity index is 356. The van der Waals surface area contributed by atoms with Crippen LogP contribution in [0.4, 0.5) is 0 Å². The first-order chi connectivity index (χ1) is 7.83. The molecule has 0 spiro atoms. The van der Waals surface area contributed by atoms with Gasteiger partial charge < -0.3 is 9.15 Å². The van der Waals surface area contributed by atoms with E-state index in [0.29, 0.717) is 17.9 Å². The number of nitrogens with zero attached hydrogens (tertiary/aromatic N) is 2. The van der Waals surface area contributed by atoms with Gasteiger partial charge >= 0.3 is 0 Å². The van der Waals surface area contributed by atoms with Crippen molar-refractivity contribution in [3.8, 4) is 0 Å². The van der Waals surface area contributed by atoms with Crippen LogP contribution in [-0.4, -0.2) is 16.3 Å². The largest absolute Gasteiger partial charge is 0.422 e. The van der Waals surface area contributed by atoms with E-state index in [1.165, 1.54) is 38.5 Å². The Labute approximate surface area is 95.4 Å². The monoisotopic (exact) mass is 222 g/mol. The molecule has 0 aromatic carbocycles. The average molecular weight is 222 g/mol. The quantitative estimate of drug-likeness (QED) is 0.785. The molecule has 1 atom stereocenters. The van der Waals surface area contributed by atoms with Crippen molar-refractivity contribution in [2.24, 2.45) is 0 Å². The van der Waals surface area contributed by atoms with Gasteiger partial charge in [0.25, 0.3) is 0 Å². The van der Waals surface area contributed by atoms with Crippen molar-refractivity contribution in [2.45, 2.75) is 63.6 Å². The van der Waals surface area contributed by atoms with Gasteiger partial charge in [0.1, 0.15) is 6.10 Å². The minimum absolute atomic E-state index is 0.0494. The van der Waals surface area contributed by atoms with Crippen molar-refractivity contribution in [1.82, 2.24) is 10.2 Å². The highest BCUT2D eigenvalue weighted by Gasteiger charge is 2.28. The first kappa shape index (κ1) is 10.3. The summed E-state index contributed by atoms with van der Waals surface area (Å²) in [6, 6.07) is 0. The molecule has 0 amide bonds. The number of rotatable bonds is 4. The topological polar surface area (TPSA) is 48.2 Å². The molecule has 88 valence electrons. The third kappa shape index (κ3) is 1.86. The molecular formula is C12H18N2O2. The molecule has 0 bridgehead atoms. The highest BCUT2D eigenvalue weighted by molar-refractivity contribution is 4.97. The van der Waals surface area contributed by atoms with Crippen molar-refractivity contribution >= 4 is 0 Å². The van der Waals surface area contributed by atoms with E-state index in [9.17, 15) is 0 Å². The number of aromatic nitrogens is 2. The lowest BCUT2D eigenvalue weighted by atomic mass is 9.85. The standard InChI is InChI=1S/C12H18N2O2/c1-8(15-10-6-3-7-10)11-13-14-12(16-11)9-4-2-5-9/h8-10H,2-7H2,1H3. The Balaban J connectivity index is 1.61. The Morgan fingerprint density at radius 2 is 1.94 bits per heavy atom. The smallest absolute Gasteiger partial charge is 0.244 e. The van der Waals surface area contributed by atoms with Crippen LogP contribution in [-0.2, 0) is 4.74 Å². The van der Waals surface area contributed by atoms with E-state index in [0.717, 1.165) is 5.89 Å². The van der Waals surface area contributed by atoms with Crippen molar-refractivity contribution < 1.29 is 9.15 Å². The Morgan fingerprint density at radius 3 is 2.50 bits per heavy atom. The Hall–Kier alpha value is -0.900. The highest BCUT2D eigenvalue weighted by Crippen LogP contribution is 2.36. The second kappa shape index (κ2) is 4.17. The van der Waals surface area contributed by atoms with Crippen molar-refractivity contribution in [3.05, 3.63) is 11.8 Å². The lowest BCUT2D eigenvalue weighted by Gasteiger charge is -2.27. The number of hydrogen-bond acceptors (Lipinski definition) is 4. The molecule has 1 heterocycles. The number of ether oxygens (including phenoxy) is 1. The molecule has 2 aliphatic rings. The summed E-state index contributed by atoms with van der Waals surface area (Å²) >= 11 is 0. The molecule has 3 rings (SSSR count). The molecule has 1 aromatic heterocycles. The summed E-state index contributed by atoms with van der Waals surface area (Å²) in [5, 5.41) is 8.20. The van der Waals surface area contributed by atoms with Gasteiger partial charge in [-0.15, -0.1) is 10.2 Å². The van der Waals surface area contributed by atoms with Crippen LogP contribution in [0.5, 0.6) is 0 Å². The van der Waals surface area contributed by atoms with Crippen LogP contribution in [0.25, 0.3) is 0 Å². The van der Waals surface area contributed by atoms with E-state index in [-0.39, 0.29) is 6.10 Å². The maximum absolute atomic E-state index is 5.82. The van der Waals surface area contributed by atoms with E-state index in [4.69, 9.17) is 9.15 Å². The molecule has 2 saturated carbocycles. The van der Waals surface area contributed by atoms with Gasteiger partial charge in [0.15, 0.2) is 0 Å². The fourth-order valence-electron chi connectivity index (χ4n) is 2.08. The second-order valence-corrected chi connectivity index (χ2v) is 4.94. The molecule has 0 saturated heterocycles. The van der Waals surface area contributed by atoms with Crippen LogP contribution >= 0.6 is 0 Å². The van der Waals surface area contributed by atoms with Crippen LogP contribution in [0.15, 0.2) is 4.42 Å². The fraction of sp³-hybridized carbons (Fsp3) is 0.833. The SMILES string of the molecule is CC(OC1CCC1)c1nnc(C2CCC2)o1. The van der Waals surface area contributed by atoms with Crippen LogP contribution in [0, 0.1) is 0 Å². The van der Waals surface area contributed by atoms with Gasteiger partial charge in [-0.1, -0.05) is 6.42 Å². The molecule has 2 fully saturated rings. The van der Waals surface area contributed by atoms with Gasteiger partial charge in [-0.3, -0.25) is 0 Å². The minimum Gasteiger partial charge on any atom is -0.422 e. The molecule has 0 radical (unpaired) electrons. The zero-order chi connectivity index (χ0) is 11.0. The zero-order valence-corrected chi connectivity index (χ0v) is 9.69. The van der Waals surface area contributed by atoms with E-state index in [2.05, 4.69) is 10.2 Å². The van der Waals surface area contributed by atoms with E-state index >= 15 is 0 Å².